The van der Waals surface area contributed by atoms with Gasteiger partial charge in [-0.1, -0.05) is 0 Å². The van der Waals surface area contributed by atoms with Crippen molar-refractivity contribution >= 4 is 10.9 Å². The largest absolute Gasteiger partial charge is 0.317 e. The molecule has 24 heavy (non-hydrogen) atoms. The van der Waals surface area contributed by atoms with Crippen LogP contribution in [-0.2, 0) is 7.05 Å². The SMILES string of the molecule is CN[C@H]1C[C@H](n2cc(-c3cc4c(cn3)cnn4C)c(C3CC3)n2)C1. The van der Waals surface area contributed by atoms with E-state index in [9.17, 15) is 0 Å². The van der Waals surface area contributed by atoms with Gasteiger partial charge >= 0.3 is 0 Å². The number of aromatic nitrogens is 5. The molecule has 3 heterocycles. The predicted molar refractivity (Wildman–Crippen MR) is 92.8 cm³/mol. The molecule has 0 saturated heterocycles. The van der Waals surface area contributed by atoms with Crippen LogP contribution in [0.2, 0.25) is 0 Å². The van der Waals surface area contributed by atoms with Crippen molar-refractivity contribution in [3.05, 3.63) is 30.4 Å². The number of rotatable bonds is 4. The Bertz CT molecular complexity index is 898. The minimum atomic E-state index is 0.522. The molecule has 5 rings (SSSR count). The smallest absolute Gasteiger partial charge is 0.0758 e. The van der Waals surface area contributed by atoms with Crippen LogP contribution in [0, 0.1) is 0 Å². The van der Waals surface area contributed by atoms with E-state index in [2.05, 4.69) is 32.3 Å². The summed E-state index contributed by atoms with van der Waals surface area (Å²) < 4.78 is 4.09. The third-order valence-electron chi connectivity index (χ3n) is 5.53. The predicted octanol–water partition coefficient (Wildman–Crippen LogP) is 2.63. The van der Waals surface area contributed by atoms with Gasteiger partial charge in [-0.05, 0) is 38.8 Å². The summed E-state index contributed by atoms with van der Waals surface area (Å²) >= 11 is 0. The van der Waals surface area contributed by atoms with Crippen molar-refractivity contribution in [3.63, 3.8) is 0 Å². The molecule has 6 heteroatoms. The van der Waals surface area contributed by atoms with E-state index in [0.29, 0.717) is 18.0 Å². The standard InChI is InChI=1S/C18H22N6/c1-19-13-5-14(6-13)24-10-15(18(22-24)11-3-4-11)16-7-17-12(8-20-16)9-21-23(17)2/h7-11,13-14,19H,3-6H2,1-2H3/t13-,14-. The average molecular weight is 322 g/mol. The maximum Gasteiger partial charge on any atom is 0.0758 e. The van der Waals surface area contributed by atoms with Crippen molar-refractivity contribution < 1.29 is 0 Å². The Morgan fingerprint density at radius 3 is 2.79 bits per heavy atom. The zero-order chi connectivity index (χ0) is 16.3. The van der Waals surface area contributed by atoms with Gasteiger partial charge in [0.25, 0.3) is 0 Å². The Morgan fingerprint density at radius 1 is 1.21 bits per heavy atom. The minimum Gasteiger partial charge on any atom is -0.317 e. The molecule has 6 nitrogen and oxygen atoms in total. The van der Waals surface area contributed by atoms with Crippen LogP contribution in [0.3, 0.4) is 0 Å². The van der Waals surface area contributed by atoms with Gasteiger partial charge < -0.3 is 5.32 Å². The number of nitrogens with one attached hydrogen (secondary N) is 1. The number of aryl methyl sites for hydroxylation is 1. The molecule has 2 aliphatic carbocycles. The number of hydrogen-bond donors (Lipinski definition) is 1. The van der Waals surface area contributed by atoms with Crippen molar-refractivity contribution in [2.45, 2.75) is 43.7 Å². The summed E-state index contributed by atoms with van der Waals surface area (Å²) in [6.45, 7) is 0. The maximum absolute atomic E-state index is 4.96. The lowest BCUT2D eigenvalue weighted by molar-refractivity contribution is 0.219. The van der Waals surface area contributed by atoms with Crippen LogP contribution in [-0.4, -0.2) is 37.6 Å². The lowest BCUT2D eigenvalue weighted by atomic mass is 9.87. The highest BCUT2D eigenvalue weighted by atomic mass is 15.3. The lowest BCUT2D eigenvalue weighted by Gasteiger charge is -2.35. The van der Waals surface area contributed by atoms with Crippen LogP contribution >= 0.6 is 0 Å². The highest BCUT2D eigenvalue weighted by molar-refractivity contribution is 5.82. The molecule has 2 aliphatic rings. The van der Waals surface area contributed by atoms with Crippen LogP contribution in [0.5, 0.6) is 0 Å². The fourth-order valence-corrected chi connectivity index (χ4v) is 3.68. The molecule has 0 aliphatic heterocycles. The monoisotopic (exact) mass is 322 g/mol. The van der Waals surface area contributed by atoms with Gasteiger partial charge in [0.15, 0.2) is 0 Å². The normalized spacial score (nSPS) is 23.6. The molecule has 2 saturated carbocycles. The molecular formula is C18H22N6. The topological polar surface area (TPSA) is 60.6 Å². The van der Waals surface area contributed by atoms with Crippen LogP contribution in [0.15, 0.2) is 24.7 Å². The summed E-state index contributed by atoms with van der Waals surface area (Å²) in [5, 5.41) is 13.7. The third-order valence-corrected chi connectivity index (χ3v) is 5.53. The Kier molecular flexibility index (Phi) is 3.03. The van der Waals surface area contributed by atoms with Gasteiger partial charge in [-0.15, -0.1) is 0 Å². The van der Waals surface area contributed by atoms with Gasteiger partial charge in [0.05, 0.1) is 29.1 Å². The number of pyridine rings is 1. The van der Waals surface area contributed by atoms with Crippen LogP contribution in [0.1, 0.15) is 43.3 Å². The average Bonchev–Trinajstić information content (AvgIpc) is 3.21. The molecule has 0 radical (unpaired) electrons. The van der Waals surface area contributed by atoms with E-state index in [-0.39, 0.29) is 0 Å². The Morgan fingerprint density at radius 2 is 2.04 bits per heavy atom. The summed E-state index contributed by atoms with van der Waals surface area (Å²) in [6.07, 6.45) is 10.8. The lowest BCUT2D eigenvalue weighted by Crippen LogP contribution is -2.40. The van der Waals surface area contributed by atoms with Crippen LogP contribution in [0.4, 0.5) is 0 Å². The van der Waals surface area contributed by atoms with Gasteiger partial charge in [0.2, 0.25) is 0 Å². The third kappa shape index (κ3) is 2.17. The molecule has 124 valence electrons. The Labute approximate surface area is 140 Å². The molecule has 0 aromatic carbocycles. The Balaban J connectivity index is 1.55. The molecule has 1 N–H and O–H groups in total. The summed E-state index contributed by atoms with van der Waals surface area (Å²) in [5.74, 6) is 0.616. The van der Waals surface area contributed by atoms with Crippen molar-refractivity contribution in [2.24, 2.45) is 7.05 Å². The molecular weight excluding hydrogens is 300 g/mol. The van der Waals surface area contributed by atoms with E-state index in [0.717, 1.165) is 29.4 Å². The van der Waals surface area contributed by atoms with E-state index in [1.807, 2.05) is 31.2 Å². The quantitative estimate of drug-likeness (QED) is 0.802. The van der Waals surface area contributed by atoms with E-state index >= 15 is 0 Å². The highest BCUT2D eigenvalue weighted by Gasteiger charge is 2.34. The fraction of sp³-hybridized carbons (Fsp3) is 0.500. The van der Waals surface area contributed by atoms with Crippen LogP contribution in [0.25, 0.3) is 22.2 Å². The second kappa shape index (κ2) is 5.14. The summed E-state index contributed by atoms with van der Waals surface area (Å²) in [7, 11) is 4.02. The summed E-state index contributed by atoms with van der Waals surface area (Å²) in [4.78, 5) is 4.69. The molecule has 0 amide bonds. The van der Waals surface area contributed by atoms with Crippen molar-refractivity contribution in [1.82, 2.24) is 29.9 Å². The number of fused-ring (bicyclic) bond motifs is 1. The second-order valence-corrected chi connectivity index (χ2v) is 7.19. The highest BCUT2D eigenvalue weighted by Crippen LogP contribution is 2.44. The molecule has 0 atom stereocenters. The fourth-order valence-electron chi connectivity index (χ4n) is 3.68. The molecule has 0 bridgehead atoms. The van der Waals surface area contributed by atoms with Gasteiger partial charge in [0, 0.05) is 42.4 Å². The van der Waals surface area contributed by atoms with E-state index in [1.165, 1.54) is 24.1 Å². The first kappa shape index (κ1) is 14.2. The van der Waals surface area contributed by atoms with Gasteiger partial charge in [-0.2, -0.15) is 10.2 Å². The Hall–Kier alpha value is -2.21. The van der Waals surface area contributed by atoms with Gasteiger partial charge in [0.1, 0.15) is 0 Å². The first-order valence-corrected chi connectivity index (χ1v) is 8.77. The van der Waals surface area contributed by atoms with E-state index in [1.54, 1.807) is 0 Å². The second-order valence-electron chi connectivity index (χ2n) is 7.19. The maximum atomic E-state index is 4.96. The zero-order valence-electron chi connectivity index (χ0n) is 14.1. The number of hydrogen-bond acceptors (Lipinski definition) is 4. The first-order valence-electron chi connectivity index (χ1n) is 8.77. The first-order chi connectivity index (χ1) is 11.7. The molecule has 3 aromatic rings. The van der Waals surface area contributed by atoms with Crippen molar-refractivity contribution in [1.29, 1.82) is 0 Å². The van der Waals surface area contributed by atoms with Crippen LogP contribution < -0.4 is 5.32 Å². The van der Waals surface area contributed by atoms with Gasteiger partial charge in [-0.25, -0.2) is 0 Å². The molecule has 2 fully saturated rings. The molecule has 3 aromatic heterocycles. The van der Waals surface area contributed by atoms with E-state index < -0.39 is 0 Å². The van der Waals surface area contributed by atoms with E-state index in [4.69, 9.17) is 5.10 Å². The zero-order valence-corrected chi connectivity index (χ0v) is 14.1. The number of nitrogens with zero attached hydrogens (tertiary/aromatic N) is 5. The van der Waals surface area contributed by atoms with Crippen molar-refractivity contribution in [2.75, 3.05) is 7.05 Å². The summed E-state index contributed by atoms with van der Waals surface area (Å²) in [5.41, 5.74) is 4.57. The summed E-state index contributed by atoms with van der Waals surface area (Å²) in [6, 6.07) is 3.30. The molecule has 0 spiro atoms. The minimum absolute atomic E-state index is 0.522. The van der Waals surface area contributed by atoms with Crippen molar-refractivity contribution in [3.8, 4) is 11.3 Å². The molecule has 0 unspecified atom stereocenters. The van der Waals surface area contributed by atoms with Gasteiger partial charge in [-0.3, -0.25) is 14.3 Å².